The van der Waals surface area contributed by atoms with E-state index < -0.39 is 0 Å². The van der Waals surface area contributed by atoms with Crippen molar-refractivity contribution >= 4 is 23.4 Å². The summed E-state index contributed by atoms with van der Waals surface area (Å²) in [6.07, 6.45) is 1.45. The molecule has 1 saturated heterocycles. The number of primary amides is 1. The summed E-state index contributed by atoms with van der Waals surface area (Å²) in [6.45, 7) is 3.83. The third kappa shape index (κ3) is 4.45. The zero-order chi connectivity index (χ0) is 16.1. The summed E-state index contributed by atoms with van der Waals surface area (Å²) >= 11 is 5.83. The van der Waals surface area contributed by atoms with Gasteiger partial charge < -0.3 is 11.1 Å². The number of halogens is 1. The smallest absolute Gasteiger partial charge is 0.237 e. The Balaban J connectivity index is 1.80. The molecule has 2 rings (SSSR count). The van der Waals surface area contributed by atoms with Crippen LogP contribution in [-0.2, 0) is 16.1 Å². The number of hydrogen-bond donors (Lipinski definition) is 2. The molecular formula is C16H22ClN3O2. The lowest BCUT2D eigenvalue weighted by molar-refractivity contribution is -0.127. The molecule has 1 aromatic rings. The maximum atomic E-state index is 12.2. The second kappa shape index (κ2) is 7.61. The number of nitrogens with two attached hydrogens (primary N) is 1. The molecule has 1 heterocycles. The molecule has 0 bridgehead atoms. The summed E-state index contributed by atoms with van der Waals surface area (Å²) < 4.78 is 0. The second-order valence-corrected chi connectivity index (χ2v) is 6.17. The summed E-state index contributed by atoms with van der Waals surface area (Å²) in [4.78, 5) is 25.5. The minimum atomic E-state index is -0.237. The number of likely N-dealkylation sites (tertiary alicyclic amines) is 1. The molecule has 22 heavy (non-hydrogen) atoms. The molecule has 1 aliphatic rings. The molecule has 0 spiro atoms. The maximum absolute atomic E-state index is 12.2. The highest BCUT2D eigenvalue weighted by atomic mass is 35.5. The van der Waals surface area contributed by atoms with Gasteiger partial charge in [-0.15, -0.1) is 0 Å². The first kappa shape index (κ1) is 16.8. The first-order valence-corrected chi connectivity index (χ1v) is 7.90. The van der Waals surface area contributed by atoms with E-state index in [4.69, 9.17) is 17.3 Å². The summed E-state index contributed by atoms with van der Waals surface area (Å²) in [5.41, 5.74) is 6.34. The van der Waals surface area contributed by atoms with Crippen LogP contribution in [0.4, 0.5) is 0 Å². The maximum Gasteiger partial charge on any atom is 0.237 e. The average Bonchev–Trinajstić information content (AvgIpc) is 2.53. The van der Waals surface area contributed by atoms with Gasteiger partial charge >= 0.3 is 0 Å². The SMILES string of the molecule is C[C@@H](C(=O)NCc1ccc(Cl)cc1)N1CCC(C(N)=O)CC1. The Bertz CT molecular complexity index is 525. The normalized spacial score (nSPS) is 17.9. The van der Waals surface area contributed by atoms with E-state index in [1.807, 2.05) is 19.1 Å². The van der Waals surface area contributed by atoms with Crippen LogP contribution in [0.3, 0.4) is 0 Å². The molecule has 0 radical (unpaired) electrons. The molecule has 1 fully saturated rings. The third-order valence-electron chi connectivity index (χ3n) is 4.24. The van der Waals surface area contributed by atoms with E-state index in [-0.39, 0.29) is 23.8 Å². The fraction of sp³-hybridized carbons (Fsp3) is 0.500. The van der Waals surface area contributed by atoms with E-state index in [9.17, 15) is 9.59 Å². The lowest BCUT2D eigenvalue weighted by Crippen LogP contribution is -2.49. The number of nitrogens with zero attached hydrogens (tertiary/aromatic N) is 1. The molecule has 2 amide bonds. The third-order valence-corrected chi connectivity index (χ3v) is 4.49. The highest BCUT2D eigenvalue weighted by molar-refractivity contribution is 6.30. The molecule has 0 unspecified atom stereocenters. The number of nitrogens with one attached hydrogen (secondary N) is 1. The zero-order valence-electron chi connectivity index (χ0n) is 12.7. The predicted octanol–water partition coefficient (Wildman–Crippen LogP) is 1.54. The molecule has 0 aromatic heterocycles. The van der Waals surface area contributed by atoms with Gasteiger partial charge in [-0.2, -0.15) is 0 Å². The Morgan fingerprint density at radius 1 is 1.32 bits per heavy atom. The topological polar surface area (TPSA) is 75.4 Å². The fourth-order valence-electron chi connectivity index (χ4n) is 2.68. The molecule has 1 aromatic carbocycles. The number of rotatable bonds is 5. The first-order valence-electron chi connectivity index (χ1n) is 7.53. The number of carbonyl (C=O) groups is 2. The second-order valence-electron chi connectivity index (χ2n) is 5.73. The molecule has 3 N–H and O–H groups in total. The minimum absolute atomic E-state index is 0.00697. The largest absolute Gasteiger partial charge is 0.369 e. The van der Waals surface area contributed by atoms with Crippen LogP contribution >= 0.6 is 11.6 Å². The molecule has 1 aliphatic heterocycles. The monoisotopic (exact) mass is 323 g/mol. The highest BCUT2D eigenvalue weighted by Crippen LogP contribution is 2.18. The van der Waals surface area contributed by atoms with Crippen LogP contribution < -0.4 is 11.1 Å². The quantitative estimate of drug-likeness (QED) is 0.863. The Labute approximate surface area is 135 Å². The van der Waals surface area contributed by atoms with Gasteiger partial charge in [-0.3, -0.25) is 14.5 Å². The van der Waals surface area contributed by atoms with Crippen molar-refractivity contribution < 1.29 is 9.59 Å². The Hall–Kier alpha value is -1.59. The number of hydrogen-bond acceptors (Lipinski definition) is 3. The Kier molecular flexibility index (Phi) is 5.80. The lowest BCUT2D eigenvalue weighted by Gasteiger charge is -2.34. The van der Waals surface area contributed by atoms with Crippen LogP contribution in [0.15, 0.2) is 24.3 Å². The van der Waals surface area contributed by atoms with Gasteiger partial charge in [-0.05, 0) is 50.6 Å². The molecule has 120 valence electrons. The predicted molar refractivity (Wildman–Crippen MR) is 86.3 cm³/mol. The van der Waals surface area contributed by atoms with Crippen molar-refractivity contribution in [3.8, 4) is 0 Å². The first-order chi connectivity index (χ1) is 10.5. The Morgan fingerprint density at radius 2 is 1.91 bits per heavy atom. The van der Waals surface area contributed by atoms with Crippen LogP contribution in [0.5, 0.6) is 0 Å². The van der Waals surface area contributed by atoms with Gasteiger partial charge in [0.05, 0.1) is 6.04 Å². The van der Waals surface area contributed by atoms with Crippen LogP contribution in [0.2, 0.25) is 5.02 Å². The number of benzene rings is 1. The van der Waals surface area contributed by atoms with Crippen molar-refractivity contribution in [2.24, 2.45) is 11.7 Å². The van der Waals surface area contributed by atoms with Crippen LogP contribution in [0.1, 0.15) is 25.3 Å². The van der Waals surface area contributed by atoms with Gasteiger partial charge in [-0.25, -0.2) is 0 Å². The fourth-order valence-corrected chi connectivity index (χ4v) is 2.80. The minimum Gasteiger partial charge on any atom is -0.369 e. The van der Waals surface area contributed by atoms with Crippen molar-refractivity contribution in [2.45, 2.75) is 32.4 Å². The van der Waals surface area contributed by atoms with E-state index in [0.29, 0.717) is 11.6 Å². The van der Waals surface area contributed by atoms with Gasteiger partial charge in [0.25, 0.3) is 0 Å². The summed E-state index contributed by atoms with van der Waals surface area (Å²) in [5.74, 6) is -0.299. The number of carbonyl (C=O) groups excluding carboxylic acids is 2. The van der Waals surface area contributed by atoms with Gasteiger partial charge in [0.1, 0.15) is 0 Å². The van der Waals surface area contributed by atoms with E-state index in [2.05, 4.69) is 10.2 Å². The standard InChI is InChI=1S/C16H22ClN3O2/c1-11(20-8-6-13(7-9-20)15(18)21)16(22)19-10-12-2-4-14(17)5-3-12/h2-5,11,13H,6-10H2,1H3,(H2,18,21)(H,19,22)/t11-/m0/s1. The molecule has 5 nitrogen and oxygen atoms in total. The molecule has 0 aliphatic carbocycles. The van der Waals surface area contributed by atoms with Gasteiger partial charge in [-0.1, -0.05) is 23.7 Å². The highest BCUT2D eigenvalue weighted by Gasteiger charge is 2.28. The van der Waals surface area contributed by atoms with E-state index >= 15 is 0 Å². The average molecular weight is 324 g/mol. The van der Waals surface area contributed by atoms with E-state index in [0.717, 1.165) is 31.5 Å². The molecule has 6 heteroatoms. The summed E-state index contributed by atoms with van der Waals surface area (Å²) in [5, 5.41) is 3.62. The molecular weight excluding hydrogens is 302 g/mol. The van der Waals surface area contributed by atoms with Crippen molar-refractivity contribution in [1.29, 1.82) is 0 Å². The Morgan fingerprint density at radius 3 is 2.45 bits per heavy atom. The van der Waals surface area contributed by atoms with Gasteiger partial charge in [0.15, 0.2) is 0 Å². The summed E-state index contributed by atoms with van der Waals surface area (Å²) in [6, 6.07) is 7.19. The van der Waals surface area contributed by atoms with Crippen molar-refractivity contribution in [3.63, 3.8) is 0 Å². The lowest BCUT2D eigenvalue weighted by atomic mass is 9.95. The number of amides is 2. The van der Waals surface area contributed by atoms with Crippen LogP contribution in [-0.4, -0.2) is 35.8 Å². The molecule has 1 atom stereocenters. The van der Waals surface area contributed by atoms with Crippen LogP contribution in [0, 0.1) is 5.92 Å². The van der Waals surface area contributed by atoms with Crippen molar-refractivity contribution in [2.75, 3.05) is 13.1 Å². The van der Waals surface area contributed by atoms with Crippen LogP contribution in [0.25, 0.3) is 0 Å². The van der Waals surface area contributed by atoms with Crippen molar-refractivity contribution in [3.05, 3.63) is 34.9 Å². The van der Waals surface area contributed by atoms with Crippen molar-refractivity contribution in [1.82, 2.24) is 10.2 Å². The van der Waals surface area contributed by atoms with Gasteiger partial charge in [0, 0.05) is 17.5 Å². The van der Waals surface area contributed by atoms with Gasteiger partial charge in [0.2, 0.25) is 11.8 Å². The molecule has 0 saturated carbocycles. The number of piperidine rings is 1. The zero-order valence-corrected chi connectivity index (χ0v) is 13.5. The van der Waals surface area contributed by atoms with E-state index in [1.54, 1.807) is 12.1 Å². The summed E-state index contributed by atoms with van der Waals surface area (Å²) in [7, 11) is 0. The van der Waals surface area contributed by atoms with E-state index in [1.165, 1.54) is 0 Å².